The number of halogens is 1. The van der Waals surface area contributed by atoms with E-state index in [-0.39, 0.29) is 0 Å². The van der Waals surface area contributed by atoms with Crippen LogP contribution in [0.15, 0.2) is 24.3 Å². The van der Waals surface area contributed by atoms with Gasteiger partial charge in [0.05, 0.1) is 0 Å². The quantitative estimate of drug-likeness (QED) is 0.681. The maximum Gasteiger partial charge on any atom is 0.110 e. The van der Waals surface area contributed by atoms with Crippen LogP contribution >= 0.6 is 33.9 Å². The number of fused-ring (bicyclic) bond motifs is 1. The zero-order chi connectivity index (χ0) is 8.55. The van der Waals surface area contributed by atoms with E-state index in [0.717, 1.165) is 4.88 Å². The molecular weight excluding hydrogens is 281 g/mol. The normalized spacial score (nSPS) is 10.0. The fraction of sp³-hybridized carbons (Fsp3) is 0. The minimum absolute atomic E-state index is 0.786. The van der Waals surface area contributed by atoms with Crippen molar-refractivity contribution < 1.29 is 0 Å². The third-order valence-corrected chi connectivity index (χ3v) is 3.56. The second-order valence-electron chi connectivity index (χ2n) is 2.37. The molecule has 0 radical (unpaired) electrons. The van der Waals surface area contributed by atoms with Crippen molar-refractivity contribution >= 4 is 44.0 Å². The van der Waals surface area contributed by atoms with Crippen molar-refractivity contribution in [2.24, 2.45) is 0 Å². The van der Waals surface area contributed by atoms with Crippen LogP contribution in [-0.4, -0.2) is 0 Å². The Kier molecular flexibility index (Phi) is 2.03. The average Bonchev–Trinajstić information content (AvgIpc) is 2.49. The van der Waals surface area contributed by atoms with Crippen LogP contribution < -0.4 is 0 Å². The maximum atomic E-state index is 8.69. The van der Waals surface area contributed by atoms with Gasteiger partial charge in [-0.3, -0.25) is 0 Å². The van der Waals surface area contributed by atoms with Gasteiger partial charge in [0, 0.05) is 13.7 Å². The summed E-state index contributed by atoms with van der Waals surface area (Å²) < 4.78 is 2.40. The number of benzene rings is 1. The van der Waals surface area contributed by atoms with Crippen molar-refractivity contribution in [3.8, 4) is 6.07 Å². The van der Waals surface area contributed by atoms with Crippen LogP contribution in [0.2, 0.25) is 0 Å². The lowest BCUT2D eigenvalue weighted by Gasteiger charge is -1.89. The monoisotopic (exact) mass is 285 g/mol. The summed E-state index contributed by atoms with van der Waals surface area (Å²) in [6.07, 6.45) is 0. The third kappa shape index (κ3) is 1.21. The van der Waals surface area contributed by atoms with E-state index in [0.29, 0.717) is 0 Å². The summed E-state index contributed by atoms with van der Waals surface area (Å²) >= 11 is 3.83. The fourth-order valence-corrected chi connectivity index (χ4v) is 2.80. The number of nitrogens with zero attached hydrogens (tertiary/aromatic N) is 1. The van der Waals surface area contributed by atoms with Crippen LogP contribution in [0, 0.1) is 14.9 Å². The van der Waals surface area contributed by atoms with Gasteiger partial charge in [-0.1, -0.05) is 6.07 Å². The summed E-state index contributed by atoms with van der Waals surface area (Å²) in [6.45, 7) is 0. The molecule has 0 N–H and O–H groups in total. The molecule has 2 rings (SSSR count). The SMILES string of the molecule is N#Cc1cc2c(I)cccc2s1. The molecule has 0 bridgehead atoms. The highest BCUT2D eigenvalue weighted by Crippen LogP contribution is 2.28. The average molecular weight is 285 g/mol. The second kappa shape index (κ2) is 3.04. The summed E-state index contributed by atoms with van der Waals surface area (Å²) in [4.78, 5) is 0.786. The van der Waals surface area contributed by atoms with Gasteiger partial charge in [0.1, 0.15) is 10.9 Å². The van der Waals surface area contributed by atoms with E-state index < -0.39 is 0 Å². The summed E-state index contributed by atoms with van der Waals surface area (Å²) in [5, 5.41) is 9.88. The molecule has 58 valence electrons. The molecule has 1 aromatic heterocycles. The molecule has 1 nitrogen and oxygen atoms in total. The summed E-state index contributed by atoms with van der Waals surface area (Å²) in [6, 6.07) is 10.2. The van der Waals surface area contributed by atoms with E-state index in [1.54, 1.807) is 11.3 Å². The lowest BCUT2D eigenvalue weighted by atomic mass is 10.2. The van der Waals surface area contributed by atoms with Gasteiger partial charge >= 0.3 is 0 Å². The molecular formula is C9H4INS. The van der Waals surface area contributed by atoms with Gasteiger partial charge in [0.15, 0.2) is 0 Å². The van der Waals surface area contributed by atoms with Crippen molar-refractivity contribution in [1.82, 2.24) is 0 Å². The largest absolute Gasteiger partial charge is 0.192 e. The van der Waals surface area contributed by atoms with Crippen LogP contribution in [0.4, 0.5) is 0 Å². The summed E-state index contributed by atoms with van der Waals surface area (Å²) in [5.74, 6) is 0. The van der Waals surface area contributed by atoms with Gasteiger partial charge in [0.2, 0.25) is 0 Å². The van der Waals surface area contributed by atoms with Gasteiger partial charge < -0.3 is 0 Å². The predicted octanol–water partition coefficient (Wildman–Crippen LogP) is 3.38. The van der Waals surface area contributed by atoms with E-state index in [1.807, 2.05) is 18.2 Å². The molecule has 2 aromatic rings. The number of hydrogen-bond acceptors (Lipinski definition) is 2. The third-order valence-electron chi connectivity index (χ3n) is 1.62. The maximum absolute atomic E-state index is 8.69. The van der Waals surface area contributed by atoms with Gasteiger partial charge in [-0.15, -0.1) is 11.3 Å². The van der Waals surface area contributed by atoms with E-state index >= 15 is 0 Å². The molecule has 1 aromatic carbocycles. The topological polar surface area (TPSA) is 23.8 Å². The van der Waals surface area contributed by atoms with Crippen molar-refractivity contribution in [3.63, 3.8) is 0 Å². The Labute approximate surface area is 87.8 Å². The lowest BCUT2D eigenvalue weighted by Crippen LogP contribution is -1.68. The molecule has 0 saturated carbocycles. The molecule has 12 heavy (non-hydrogen) atoms. The van der Waals surface area contributed by atoms with Gasteiger partial charge in [-0.25, -0.2) is 0 Å². The molecule has 0 saturated heterocycles. The number of hydrogen-bond donors (Lipinski definition) is 0. The molecule has 0 fully saturated rings. The Balaban J connectivity index is 2.85. The van der Waals surface area contributed by atoms with Crippen molar-refractivity contribution in [3.05, 3.63) is 32.7 Å². The molecule has 0 aliphatic heterocycles. The Bertz CT molecular complexity index is 467. The number of thiophene rings is 1. The Hall–Kier alpha value is -0.600. The highest BCUT2D eigenvalue weighted by molar-refractivity contribution is 14.1. The second-order valence-corrected chi connectivity index (χ2v) is 4.62. The van der Waals surface area contributed by atoms with Crippen LogP contribution in [0.5, 0.6) is 0 Å². The molecule has 1 heterocycles. The highest BCUT2D eigenvalue weighted by Gasteiger charge is 2.02. The molecule has 0 aliphatic carbocycles. The molecule has 0 amide bonds. The highest BCUT2D eigenvalue weighted by atomic mass is 127. The first-order chi connectivity index (χ1) is 5.81. The first-order valence-corrected chi connectivity index (χ1v) is 5.29. The number of rotatable bonds is 0. The first kappa shape index (κ1) is 8.02. The molecule has 0 atom stereocenters. The van der Waals surface area contributed by atoms with Crippen LogP contribution in [0.3, 0.4) is 0 Å². The van der Waals surface area contributed by atoms with Gasteiger partial charge in [0.25, 0.3) is 0 Å². The van der Waals surface area contributed by atoms with Crippen LogP contribution in [-0.2, 0) is 0 Å². The van der Waals surface area contributed by atoms with Gasteiger partial charge in [-0.05, 0) is 40.8 Å². The van der Waals surface area contributed by atoms with Gasteiger partial charge in [-0.2, -0.15) is 5.26 Å². The van der Waals surface area contributed by atoms with Crippen molar-refractivity contribution in [2.45, 2.75) is 0 Å². The summed E-state index contributed by atoms with van der Waals surface area (Å²) in [7, 11) is 0. The minimum Gasteiger partial charge on any atom is -0.192 e. The van der Waals surface area contributed by atoms with Crippen molar-refractivity contribution in [1.29, 1.82) is 5.26 Å². The molecule has 0 unspecified atom stereocenters. The van der Waals surface area contributed by atoms with Crippen molar-refractivity contribution in [2.75, 3.05) is 0 Å². The van der Waals surface area contributed by atoms with E-state index in [4.69, 9.17) is 5.26 Å². The zero-order valence-corrected chi connectivity index (χ0v) is 9.02. The van der Waals surface area contributed by atoms with E-state index in [9.17, 15) is 0 Å². The predicted molar refractivity (Wildman–Crippen MR) is 59.3 cm³/mol. The van der Waals surface area contributed by atoms with E-state index in [2.05, 4.69) is 34.7 Å². The van der Waals surface area contributed by atoms with Crippen LogP contribution in [0.25, 0.3) is 10.1 Å². The molecule has 3 heteroatoms. The Morgan fingerprint density at radius 2 is 2.25 bits per heavy atom. The molecule has 0 aliphatic rings. The Morgan fingerprint density at radius 3 is 2.92 bits per heavy atom. The smallest absolute Gasteiger partial charge is 0.110 e. The fourth-order valence-electron chi connectivity index (χ4n) is 1.08. The summed E-state index contributed by atoms with van der Waals surface area (Å²) in [5.41, 5.74) is 0. The standard InChI is InChI=1S/C9H4INS/c10-8-2-1-3-9-7(8)4-6(5-11)12-9/h1-4H. The zero-order valence-electron chi connectivity index (χ0n) is 6.04. The van der Waals surface area contributed by atoms with E-state index in [1.165, 1.54) is 13.7 Å². The number of nitriles is 1. The molecule has 0 spiro atoms. The lowest BCUT2D eigenvalue weighted by molar-refractivity contribution is 1.52. The minimum atomic E-state index is 0.786. The Morgan fingerprint density at radius 1 is 1.42 bits per heavy atom. The van der Waals surface area contributed by atoms with Crippen LogP contribution in [0.1, 0.15) is 4.88 Å². The first-order valence-electron chi connectivity index (χ1n) is 3.39.